The predicted molar refractivity (Wildman–Crippen MR) is 192 cm³/mol. The van der Waals surface area contributed by atoms with Gasteiger partial charge in [-0.25, -0.2) is 4.99 Å². The third-order valence-electron chi connectivity index (χ3n) is 9.75. The van der Waals surface area contributed by atoms with E-state index in [1.807, 2.05) is 11.3 Å². The van der Waals surface area contributed by atoms with Crippen LogP contribution in [0.1, 0.15) is 17.3 Å². The van der Waals surface area contributed by atoms with E-state index in [-0.39, 0.29) is 12.5 Å². The standard InChI is InChI=1S/C41H26N4OS/c1-3-14-26(15-4-1)39-42-41(45-40(44(39)45)27-16-5-2-6-17-27)43-31-24-23-25-13-7-8-18-28(25)34(31)38-35(30-20-10-12-22-33(30)47-38)37-36(43)29-19-9-11-21-32(29)46-37/h1-24,40-41H. The van der Waals surface area contributed by atoms with Gasteiger partial charge in [0.1, 0.15) is 11.7 Å². The molecule has 0 N–H and O–H groups in total. The summed E-state index contributed by atoms with van der Waals surface area (Å²) in [5.41, 5.74) is 7.79. The molecule has 3 unspecified atom stereocenters. The fraction of sp³-hybridized carbons (Fsp3) is 0.0488. The number of anilines is 2. The molecule has 0 spiro atoms. The number of hydrazine groups is 1. The minimum atomic E-state index is -0.338. The van der Waals surface area contributed by atoms with E-state index in [1.165, 1.54) is 36.9 Å². The Morgan fingerprint density at radius 3 is 2.17 bits per heavy atom. The van der Waals surface area contributed by atoms with Crippen LogP contribution >= 0.6 is 11.3 Å². The number of para-hydroxylation sites is 1. The van der Waals surface area contributed by atoms with Crippen LogP contribution in [0.3, 0.4) is 0 Å². The first kappa shape index (κ1) is 25.5. The predicted octanol–water partition coefficient (Wildman–Crippen LogP) is 10.6. The van der Waals surface area contributed by atoms with Gasteiger partial charge in [-0.2, -0.15) is 0 Å². The summed E-state index contributed by atoms with van der Waals surface area (Å²) in [7, 11) is 0. The average Bonchev–Trinajstić information content (AvgIpc) is 3.38. The lowest BCUT2D eigenvalue weighted by molar-refractivity contribution is 0.338. The second-order valence-electron chi connectivity index (χ2n) is 12.3. The van der Waals surface area contributed by atoms with Crippen LogP contribution < -0.4 is 4.90 Å². The van der Waals surface area contributed by atoms with Crippen molar-refractivity contribution in [1.82, 2.24) is 10.0 Å². The van der Waals surface area contributed by atoms with E-state index >= 15 is 0 Å². The third-order valence-corrected chi connectivity index (χ3v) is 10.9. The van der Waals surface area contributed by atoms with Gasteiger partial charge in [0.2, 0.25) is 6.29 Å². The van der Waals surface area contributed by atoms with E-state index in [0.717, 1.165) is 45.1 Å². The maximum atomic E-state index is 6.95. The number of rotatable bonds is 3. The summed E-state index contributed by atoms with van der Waals surface area (Å²) < 4.78 is 8.21. The zero-order chi connectivity index (χ0) is 30.6. The van der Waals surface area contributed by atoms with Gasteiger partial charge in [0, 0.05) is 37.0 Å². The van der Waals surface area contributed by atoms with E-state index in [1.54, 1.807) is 0 Å². The van der Waals surface area contributed by atoms with E-state index in [4.69, 9.17) is 9.41 Å². The molecule has 8 aromatic rings. The molecule has 3 atom stereocenters. The molecule has 6 heteroatoms. The summed E-state index contributed by atoms with van der Waals surface area (Å²) in [6.45, 7) is 0. The molecule has 3 aliphatic rings. The molecule has 6 aromatic carbocycles. The maximum Gasteiger partial charge on any atom is 0.204 e. The average molecular weight is 623 g/mol. The quantitative estimate of drug-likeness (QED) is 0.184. The molecule has 47 heavy (non-hydrogen) atoms. The van der Waals surface area contributed by atoms with Gasteiger partial charge >= 0.3 is 0 Å². The van der Waals surface area contributed by atoms with Crippen molar-refractivity contribution in [1.29, 1.82) is 0 Å². The number of aliphatic imine (C=N–C) groups is 1. The van der Waals surface area contributed by atoms with Crippen LogP contribution in [0.25, 0.3) is 53.6 Å². The number of furan rings is 1. The number of nitrogens with zero attached hydrogens (tertiary/aromatic N) is 4. The minimum absolute atomic E-state index is 0.0672. The first-order valence-corrected chi connectivity index (χ1v) is 16.8. The molecular formula is C41H26N4OS. The first-order chi connectivity index (χ1) is 23.3. The molecule has 222 valence electrons. The lowest BCUT2D eigenvalue weighted by atomic mass is 9.98. The van der Waals surface area contributed by atoms with Gasteiger partial charge in [-0.15, -0.1) is 16.3 Å². The van der Waals surface area contributed by atoms with Crippen molar-refractivity contribution in [3.05, 3.63) is 157 Å². The Morgan fingerprint density at radius 2 is 1.32 bits per heavy atom. The summed E-state index contributed by atoms with van der Waals surface area (Å²) in [5, 5.41) is 9.51. The van der Waals surface area contributed by atoms with Gasteiger partial charge in [0.25, 0.3) is 0 Å². The van der Waals surface area contributed by atoms with Crippen LogP contribution in [-0.4, -0.2) is 22.1 Å². The number of benzene rings is 6. The third kappa shape index (κ3) is 3.48. The fourth-order valence-corrected chi connectivity index (χ4v) is 8.98. The summed E-state index contributed by atoms with van der Waals surface area (Å²) in [6.07, 6.45) is -0.270. The van der Waals surface area contributed by atoms with Crippen molar-refractivity contribution < 1.29 is 4.42 Å². The van der Waals surface area contributed by atoms with E-state index in [2.05, 4.69) is 161 Å². The summed E-state index contributed by atoms with van der Waals surface area (Å²) in [4.78, 5) is 9.24. The lowest BCUT2D eigenvalue weighted by Crippen LogP contribution is -2.35. The van der Waals surface area contributed by atoms with Crippen LogP contribution in [0.2, 0.25) is 0 Å². The van der Waals surface area contributed by atoms with E-state index < -0.39 is 0 Å². The summed E-state index contributed by atoms with van der Waals surface area (Å²) in [5.74, 6) is 1.87. The van der Waals surface area contributed by atoms with Crippen molar-refractivity contribution >= 4 is 60.4 Å². The Morgan fingerprint density at radius 1 is 0.617 bits per heavy atom. The molecule has 1 fully saturated rings. The molecule has 0 amide bonds. The Labute approximate surface area is 274 Å². The van der Waals surface area contributed by atoms with Crippen molar-refractivity contribution in [2.45, 2.75) is 12.5 Å². The topological polar surface area (TPSA) is 34.8 Å². The number of fused-ring (bicyclic) bond motifs is 12. The number of amidine groups is 1. The Bertz CT molecular complexity index is 2570. The SMILES string of the molecule is c1ccc(C2=NC(N3c4ccc5ccccc5c4-c4sc5ccccc5c4-c4oc5ccccc5c43)N3C(c4ccccc4)N23)cc1. The first-order valence-electron chi connectivity index (χ1n) is 16.0. The number of hydrogen-bond acceptors (Lipinski definition) is 6. The highest BCUT2D eigenvalue weighted by atomic mass is 32.1. The van der Waals surface area contributed by atoms with Crippen LogP contribution in [0.15, 0.2) is 155 Å². The zero-order valence-electron chi connectivity index (χ0n) is 25.1. The highest BCUT2D eigenvalue weighted by Gasteiger charge is 2.60. The molecule has 0 saturated carbocycles. The van der Waals surface area contributed by atoms with Crippen LogP contribution in [0.5, 0.6) is 0 Å². The second-order valence-corrected chi connectivity index (χ2v) is 13.4. The van der Waals surface area contributed by atoms with Gasteiger partial charge < -0.3 is 9.32 Å². The highest BCUT2D eigenvalue weighted by Crippen LogP contribution is 2.61. The molecule has 11 rings (SSSR count). The maximum absolute atomic E-state index is 6.95. The molecule has 5 heterocycles. The Balaban J connectivity index is 1.25. The normalized spacial score (nSPS) is 19.3. The van der Waals surface area contributed by atoms with Crippen molar-refractivity contribution in [3.63, 3.8) is 0 Å². The van der Waals surface area contributed by atoms with Crippen LogP contribution in [-0.2, 0) is 0 Å². The molecular weight excluding hydrogens is 597 g/mol. The molecule has 3 aliphatic heterocycles. The molecule has 0 radical (unpaired) electrons. The lowest BCUT2D eigenvalue weighted by Gasteiger charge is -2.31. The number of thiophene rings is 1. The molecule has 1 saturated heterocycles. The molecule has 2 aromatic heterocycles. The molecule has 0 bridgehead atoms. The number of hydrogen-bond donors (Lipinski definition) is 0. The van der Waals surface area contributed by atoms with E-state index in [0.29, 0.717) is 0 Å². The monoisotopic (exact) mass is 622 g/mol. The largest absolute Gasteiger partial charge is 0.454 e. The van der Waals surface area contributed by atoms with Gasteiger partial charge in [0.05, 0.1) is 11.4 Å². The van der Waals surface area contributed by atoms with Crippen molar-refractivity contribution in [2.75, 3.05) is 4.90 Å². The van der Waals surface area contributed by atoms with E-state index in [9.17, 15) is 0 Å². The van der Waals surface area contributed by atoms with Gasteiger partial charge in [0.15, 0.2) is 11.6 Å². The Hall–Kier alpha value is -5.69. The van der Waals surface area contributed by atoms with Gasteiger partial charge in [-0.1, -0.05) is 121 Å². The summed E-state index contributed by atoms with van der Waals surface area (Å²) >= 11 is 1.85. The minimum Gasteiger partial charge on any atom is -0.454 e. The van der Waals surface area contributed by atoms with Crippen molar-refractivity contribution in [3.8, 4) is 21.8 Å². The molecule has 0 aliphatic carbocycles. The van der Waals surface area contributed by atoms with Gasteiger partial charge in [-0.05, 0) is 40.6 Å². The molecule has 5 nitrogen and oxygen atoms in total. The second kappa shape index (κ2) is 9.42. The highest BCUT2D eigenvalue weighted by molar-refractivity contribution is 7.23. The van der Waals surface area contributed by atoms with Crippen LogP contribution in [0.4, 0.5) is 11.4 Å². The van der Waals surface area contributed by atoms with Crippen molar-refractivity contribution in [2.24, 2.45) is 4.99 Å². The Kier molecular flexibility index (Phi) is 5.11. The van der Waals surface area contributed by atoms with Crippen LogP contribution in [0, 0.1) is 0 Å². The van der Waals surface area contributed by atoms with Gasteiger partial charge in [-0.3, -0.25) is 5.01 Å². The fourth-order valence-electron chi connectivity index (χ4n) is 7.71. The smallest absolute Gasteiger partial charge is 0.204 e. The summed E-state index contributed by atoms with van der Waals surface area (Å²) in [6, 6.07) is 51.8. The zero-order valence-corrected chi connectivity index (χ0v) is 25.9.